The zero-order chi connectivity index (χ0) is 10.3. The quantitative estimate of drug-likeness (QED) is 0.730. The molecule has 0 aliphatic heterocycles. The van der Waals surface area contributed by atoms with Crippen LogP contribution in [0.3, 0.4) is 0 Å². The Hall–Kier alpha value is -1.58. The van der Waals surface area contributed by atoms with E-state index < -0.39 is 0 Å². The Labute approximate surface area is 81.1 Å². The third-order valence-corrected chi connectivity index (χ3v) is 2.27. The van der Waals surface area contributed by atoms with Crippen molar-refractivity contribution in [3.8, 4) is 0 Å². The lowest BCUT2D eigenvalue weighted by molar-refractivity contribution is 0.636. The van der Waals surface area contributed by atoms with Crippen molar-refractivity contribution in [2.24, 2.45) is 0 Å². The van der Waals surface area contributed by atoms with Crippen LogP contribution < -0.4 is 5.73 Å². The van der Waals surface area contributed by atoms with E-state index in [1.165, 1.54) is 6.07 Å². The van der Waals surface area contributed by atoms with Gasteiger partial charge in [-0.3, -0.25) is 0 Å². The first kappa shape index (κ1) is 8.99. The Morgan fingerprint density at radius 1 is 1.43 bits per heavy atom. The second-order valence-electron chi connectivity index (χ2n) is 3.64. The summed E-state index contributed by atoms with van der Waals surface area (Å²) in [5.74, 6) is 0.251. The minimum atomic E-state index is -0.311. The van der Waals surface area contributed by atoms with E-state index in [0.29, 0.717) is 17.0 Å². The van der Waals surface area contributed by atoms with Crippen LogP contribution in [0, 0.1) is 5.82 Å². The Kier molecular flexibility index (Phi) is 1.91. The molecule has 1 aromatic heterocycles. The predicted molar refractivity (Wildman–Crippen MR) is 54.6 cm³/mol. The molecule has 14 heavy (non-hydrogen) atoms. The molecule has 0 amide bonds. The second-order valence-corrected chi connectivity index (χ2v) is 3.64. The van der Waals surface area contributed by atoms with Gasteiger partial charge in [0.25, 0.3) is 0 Å². The molecule has 3 nitrogen and oxygen atoms in total. The number of nitrogens with two attached hydrogens (primary N) is 1. The van der Waals surface area contributed by atoms with Crippen molar-refractivity contribution in [2.45, 2.75) is 19.8 Å². The SMILES string of the molecule is CC(C)c1ccc(F)c2[nH]c(N)nc12. The second kappa shape index (κ2) is 2.97. The highest BCUT2D eigenvalue weighted by molar-refractivity contribution is 5.81. The standard InChI is InChI=1S/C10H12FN3/c1-5(2)6-3-4-7(11)9-8(6)13-10(12)14-9/h3-5H,1-2H3,(H3,12,13,14). The van der Waals surface area contributed by atoms with E-state index in [-0.39, 0.29) is 11.8 Å². The van der Waals surface area contributed by atoms with E-state index >= 15 is 0 Å². The third kappa shape index (κ3) is 1.23. The summed E-state index contributed by atoms with van der Waals surface area (Å²) in [7, 11) is 0. The molecule has 0 saturated heterocycles. The maximum absolute atomic E-state index is 13.3. The molecule has 0 bridgehead atoms. The fraction of sp³-hybridized carbons (Fsp3) is 0.300. The molecule has 2 aromatic rings. The van der Waals surface area contributed by atoms with Gasteiger partial charge in [-0.25, -0.2) is 9.37 Å². The molecule has 0 spiro atoms. The van der Waals surface area contributed by atoms with Crippen LogP contribution >= 0.6 is 0 Å². The van der Waals surface area contributed by atoms with Gasteiger partial charge in [0, 0.05) is 0 Å². The van der Waals surface area contributed by atoms with E-state index in [9.17, 15) is 4.39 Å². The number of nitrogens with zero attached hydrogens (tertiary/aromatic N) is 1. The number of nitrogen functional groups attached to an aromatic ring is 1. The summed E-state index contributed by atoms with van der Waals surface area (Å²) in [5.41, 5.74) is 7.54. The maximum atomic E-state index is 13.3. The van der Waals surface area contributed by atoms with Gasteiger partial charge in [-0.1, -0.05) is 19.9 Å². The van der Waals surface area contributed by atoms with Gasteiger partial charge in [0.1, 0.15) is 11.3 Å². The first-order valence-corrected chi connectivity index (χ1v) is 4.53. The van der Waals surface area contributed by atoms with Gasteiger partial charge in [-0.05, 0) is 17.5 Å². The largest absolute Gasteiger partial charge is 0.369 e. The summed E-state index contributed by atoms with van der Waals surface area (Å²) < 4.78 is 13.3. The molecule has 74 valence electrons. The van der Waals surface area contributed by atoms with Gasteiger partial charge < -0.3 is 10.7 Å². The Balaban J connectivity index is 2.81. The van der Waals surface area contributed by atoms with Crippen molar-refractivity contribution in [1.29, 1.82) is 0 Å². The van der Waals surface area contributed by atoms with Gasteiger partial charge in [-0.2, -0.15) is 0 Å². The maximum Gasteiger partial charge on any atom is 0.198 e. The molecule has 0 aliphatic carbocycles. The number of aromatic nitrogens is 2. The zero-order valence-corrected chi connectivity index (χ0v) is 8.13. The summed E-state index contributed by atoms with van der Waals surface area (Å²) in [5, 5.41) is 0. The minimum absolute atomic E-state index is 0.256. The van der Waals surface area contributed by atoms with Crippen molar-refractivity contribution in [3.63, 3.8) is 0 Å². The number of hydrogen-bond donors (Lipinski definition) is 2. The first-order valence-electron chi connectivity index (χ1n) is 4.53. The number of hydrogen-bond acceptors (Lipinski definition) is 2. The minimum Gasteiger partial charge on any atom is -0.369 e. The highest BCUT2D eigenvalue weighted by Crippen LogP contribution is 2.26. The van der Waals surface area contributed by atoms with Crippen molar-refractivity contribution in [2.75, 3.05) is 5.73 Å². The topological polar surface area (TPSA) is 54.7 Å². The molecule has 3 N–H and O–H groups in total. The Morgan fingerprint density at radius 2 is 2.14 bits per heavy atom. The van der Waals surface area contributed by atoms with Gasteiger partial charge in [0.2, 0.25) is 0 Å². The fourth-order valence-electron chi connectivity index (χ4n) is 1.56. The van der Waals surface area contributed by atoms with Crippen LogP contribution in [-0.4, -0.2) is 9.97 Å². The molecule has 0 aliphatic rings. The lowest BCUT2D eigenvalue weighted by atomic mass is 10.0. The predicted octanol–water partition coefficient (Wildman–Crippen LogP) is 2.41. The van der Waals surface area contributed by atoms with E-state index in [1.807, 2.05) is 13.8 Å². The van der Waals surface area contributed by atoms with Crippen LogP contribution in [0.5, 0.6) is 0 Å². The van der Waals surface area contributed by atoms with E-state index in [2.05, 4.69) is 9.97 Å². The monoisotopic (exact) mass is 193 g/mol. The molecule has 0 fully saturated rings. The number of H-pyrrole nitrogens is 1. The van der Waals surface area contributed by atoms with Crippen molar-refractivity contribution in [1.82, 2.24) is 9.97 Å². The van der Waals surface area contributed by atoms with Gasteiger partial charge in [0.15, 0.2) is 5.95 Å². The summed E-state index contributed by atoms with van der Waals surface area (Å²) in [6.07, 6.45) is 0. The highest BCUT2D eigenvalue weighted by atomic mass is 19.1. The average molecular weight is 193 g/mol. The normalized spacial score (nSPS) is 11.4. The molecular weight excluding hydrogens is 181 g/mol. The molecule has 0 atom stereocenters. The molecule has 0 radical (unpaired) electrons. The van der Waals surface area contributed by atoms with Gasteiger partial charge in [0.05, 0.1) is 5.52 Å². The lowest BCUT2D eigenvalue weighted by Crippen LogP contribution is -1.90. The number of anilines is 1. The number of rotatable bonds is 1. The molecule has 2 rings (SSSR count). The Morgan fingerprint density at radius 3 is 2.79 bits per heavy atom. The molecular formula is C10H12FN3. The lowest BCUT2D eigenvalue weighted by Gasteiger charge is -2.05. The number of fused-ring (bicyclic) bond motifs is 1. The number of imidazole rings is 1. The van der Waals surface area contributed by atoms with Crippen LogP contribution in [-0.2, 0) is 0 Å². The molecule has 4 heteroatoms. The number of aromatic amines is 1. The summed E-state index contributed by atoms with van der Waals surface area (Å²) in [6.45, 7) is 4.08. The van der Waals surface area contributed by atoms with Crippen molar-refractivity contribution < 1.29 is 4.39 Å². The first-order chi connectivity index (χ1) is 6.59. The number of nitrogens with one attached hydrogen (secondary N) is 1. The molecule has 1 heterocycles. The summed E-state index contributed by atoms with van der Waals surface area (Å²) >= 11 is 0. The van der Waals surface area contributed by atoms with Crippen LogP contribution in [0.2, 0.25) is 0 Å². The molecule has 0 unspecified atom stereocenters. The molecule has 1 aromatic carbocycles. The number of benzene rings is 1. The fourth-order valence-corrected chi connectivity index (χ4v) is 1.56. The third-order valence-electron chi connectivity index (χ3n) is 2.27. The summed E-state index contributed by atoms with van der Waals surface area (Å²) in [4.78, 5) is 6.79. The number of halogens is 1. The Bertz CT molecular complexity index is 473. The van der Waals surface area contributed by atoms with Crippen LogP contribution in [0.15, 0.2) is 12.1 Å². The van der Waals surface area contributed by atoms with Crippen LogP contribution in [0.1, 0.15) is 25.3 Å². The summed E-state index contributed by atoms with van der Waals surface area (Å²) in [6, 6.07) is 3.19. The van der Waals surface area contributed by atoms with Gasteiger partial charge in [-0.15, -0.1) is 0 Å². The van der Waals surface area contributed by atoms with Crippen LogP contribution in [0.4, 0.5) is 10.3 Å². The zero-order valence-electron chi connectivity index (χ0n) is 8.13. The van der Waals surface area contributed by atoms with E-state index in [0.717, 1.165) is 5.56 Å². The van der Waals surface area contributed by atoms with Gasteiger partial charge >= 0.3 is 0 Å². The average Bonchev–Trinajstić information content (AvgIpc) is 2.47. The van der Waals surface area contributed by atoms with Crippen molar-refractivity contribution in [3.05, 3.63) is 23.5 Å². The molecule has 0 saturated carbocycles. The van der Waals surface area contributed by atoms with Crippen molar-refractivity contribution >= 4 is 17.0 Å². The highest BCUT2D eigenvalue weighted by Gasteiger charge is 2.12. The van der Waals surface area contributed by atoms with E-state index in [4.69, 9.17) is 5.73 Å². The smallest absolute Gasteiger partial charge is 0.198 e. The van der Waals surface area contributed by atoms with E-state index in [1.54, 1.807) is 6.07 Å². The van der Waals surface area contributed by atoms with Crippen LogP contribution in [0.25, 0.3) is 11.0 Å².